The maximum Gasteiger partial charge on any atom is 0.0672 e. The molecule has 2 aromatic rings. The van der Waals surface area contributed by atoms with Crippen LogP contribution in [0.15, 0.2) is 24.3 Å². The van der Waals surface area contributed by atoms with Gasteiger partial charge in [-0.3, -0.25) is 0 Å². The molecule has 0 radical (unpaired) electrons. The van der Waals surface area contributed by atoms with Gasteiger partial charge in [0, 0.05) is 24.7 Å². The van der Waals surface area contributed by atoms with Gasteiger partial charge in [-0.15, -0.1) is 0 Å². The van der Waals surface area contributed by atoms with E-state index >= 15 is 0 Å². The second-order valence-corrected chi connectivity index (χ2v) is 4.02. The predicted octanol–water partition coefficient (Wildman–Crippen LogP) is 3.25. The Balaban J connectivity index is 2.55. The molecule has 0 saturated heterocycles. The quantitative estimate of drug-likeness (QED) is 0.779. The maximum atomic E-state index is 6.19. The molecule has 0 aliphatic rings. The van der Waals surface area contributed by atoms with Crippen LogP contribution < -0.4 is 0 Å². The molecule has 2 rings (SSSR count). The first kappa shape index (κ1) is 10.5. The first-order valence-electron chi connectivity index (χ1n) is 4.97. The second kappa shape index (κ2) is 4.25. The van der Waals surface area contributed by atoms with Gasteiger partial charge in [0.2, 0.25) is 0 Å². The van der Waals surface area contributed by atoms with Crippen LogP contribution in [0.1, 0.15) is 5.69 Å². The Bertz CT molecular complexity index is 476. The molecule has 0 unspecified atom stereocenters. The maximum absolute atomic E-state index is 6.19. The summed E-state index contributed by atoms with van der Waals surface area (Å²) in [7, 11) is 1.71. The molecule has 15 heavy (non-hydrogen) atoms. The lowest BCUT2D eigenvalue weighted by atomic mass is 10.2. The fraction of sp³-hybridized carbons (Fsp3) is 0.333. The van der Waals surface area contributed by atoms with E-state index in [0.29, 0.717) is 6.61 Å². The number of ether oxygens (including phenoxy) is 1. The molecule has 0 spiro atoms. The average molecular weight is 224 g/mol. The van der Waals surface area contributed by atoms with Crippen LogP contribution in [0.4, 0.5) is 0 Å². The number of rotatable bonds is 3. The minimum Gasteiger partial charge on any atom is -0.383 e. The van der Waals surface area contributed by atoms with E-state index < -0.39 is 0 Å². The van der Waals surface area contributed by atoms with Crippen molar-refractivity contribution >= 4 is 22.5 Å². The van der Waals surface area contributed by atoms with Crippen molar-refractivity contribution in [2.45, 2.75) is 13.5 Å². The monoisotopic (exact) mass is 223 g/mol. The molecule has 0 bridgehead atoms. The van der Waals surface area contributed by atoms with Gasteiger partial charge in [-0.05, 0) is 19.1 Å². The zero-order valence-corrected chi connectivity index (χ0v) is 9.71. The highest BCUT2D eigenvalue weighted by molar-refractivity contribution is 6.35. The summed E-state index contributed by atoms with van der Waals surface area (Å²) >= 11 is 6.19. The lowest BCUT2D eigenvalue weighted by molar-refractivity contribution is 0.188. The molecule has 1 aromatic heterocycles. The Kier molecular flexibility index (Phi) is 2.98. The summed E-state index contributed by atoms with van der Waals surface area (Å²) in [4.78, 5) is 0. The van der Waals surface area contributed by atoms with Gasteiger partial charge in [-0.1, -0.05) is 23.7 Å². The molecule has 0 aliphatic carbocycles. The first-order chi connectivity index (χ1) is 7.24. The van der Waals surface area contributed by atoms with Crippen LogP contribution in [-0.4, -0.2) is 18.3 Å². The molecule has 1 heterocycles. The number of hydrogen-bond donors (Lipinski definition) is 0. The summed E-state index contributed by atoms with van der Waals surface area (Å²) < 4.78 is 7.29. The lowest BCUT2D eigenvalue weighted by Crippen LogP contribution is -2.05. The fourth-order valence-electron chi connectivity index (χ4n) is 1.88. The van der Waals surface area contributed by atoms with Crippen molar-refractivity contribution in [1.82, 2.24) is 4.57 Å². The highest BCUT2D eigenvalue weighted by Gasteiger charge is 2.07. The molecule has 3 heteroatoms. The van der Waals surface area contributed by atoms with Crippen LogP contribution >= 0.6 is 11.6 Å². The van der Waals surface area contributed by atoms with E-state index in [1.165, 1.54) is 11.1 Å². The number of benzene rings is 1. The van der Waals surface area contributed by atoms with Gasteiger partial charge in [-0.25, -0.2) is 0 Å². The van der Waals surface area contributed by atoms with Crippen molar-refractivity contribution in [3.05, 3.63) is 35.0 Å². The predicted molar refractivity (Wildman–Crippen MR) is 63.6 cm³/mol. The molecule has 1 aromatic carbocycles. The number of hydrogen-bond acceptors (Lipinski definition) is 1. The summed E-state index contributed by atoms with van der Waals surface area (Å²) in [5.41, 5.74) is 2.32. The van der Waals surface area contributed by atoms with E-state index in [1.807, 2.05) is 12.1 Å². The van der Waals surface area contributed by atoms with Crippen molar-refractivity contribution in [3.63, 3.8) is 0 Å². The van der Waals surface area contributed by atoms with E-state index in [2.05, 4.69) is 23.6 Å². The van der Waals surface area contributed by atoms with Gasteiger partial charge in [-0.2, -0.15) is 0 Å². The minimum absolute atomic E-state index is 0.704. The Morgan fingerprint density at radius 3 is 2.93 bits per heavy atom. The van der Waals surface area contributed by atoms with Crippen LogP contribution in [0.25, 0.3) is 10.9 Å². The Hall–Kier alpha value is -0.990. The van der Waals surface area contributed by atoms with Gasteiger partial charge in [0.1, 0.15) is 0 Å². The van der Waals surface area contributed by atoms with Gasteiger partial charge < -0.3 is 9.30 Å². The third-order valence-corrected chi connectivity index (χ3v) is 2.90. The topological polar surface area (TPSA) is 14.2 Å². The highest BCUT2D eigenvalue weighted by atomic mass is 35.5. The van der Waals surface area contributed by atoms with E-state index in [4.69, 9.17) is 16.3 Å². The Labute approximate surface area is 94.4 Å². The number of halogens is 1. The van der Waals surface area contributed by atoms with E-state index in [9.17, 15) is 0 Å². The van der Waals surface area contributed by atoms with Gasteiger partial charge in [0.15, 0.2) is 0 Å². The zero-order chi connectivity index (χ0) is 10.8. The molecule has 80 valence electrons. The molecule has 0 fully saturated rings. The van der Waals surface area contributed by atoms with E-state index in [-0.39, 0.29) is 0 Å². The van der Waals surface area contributed by atoms with Crippen molar-refractivity contribution in [2.24, 2.45) is 0 Å². The van der Waals surface area contributed by atoms with E-state index in [1.54, 1.807) is 7.11 Å². The third kappa shape index (κ3) is 1.87. The number of para-hydroxylation sites is 1. The molecule has 0 amide bonds. The molecule has 0 saturated carbocycles. The molecule has 2 nitrogen and oxygen atoms in total. The van der Waals surface area contributed by atoms with Crippen molar-refractivity contribution in [3.8, 4) is 0 Å². The molecular weight excluding hydrogens is 210 g/mol. The molecular formula is C12H14ClNO. The second-order valence-electron chi connectivity index (χ2n) is 3.61. The number of fused-ring (bicyclic) bond motifs is 1. The summed E-state index contributed by atoms with van der Waals surface area (Å²) in [6, 6.07) is 8.13. The Morgan fingerprint density at radius 2 is 2.20 bits per heavy atom. The summed E-state index contributed by atoms with van der Waals surface area (Å²) in [5, 5.41) is 1.99. The smallest absolute Gasteiger partial charge is 0.0672 e. The van der Waals surface area contributed by atoms with Crippen LogP contribution in [0.5, 0.6) is 0 Å². The summed E-state index contributed by atoms with van der Waals surface area (Å²) in [6.07, 6.45) is 0. The number of nitrogens with zero attached hydrogens (tertiary/aromatic N) is 1. The van der Waals surface area contributed by atoms with Gasteiger partial charge in [0.05, 0.1) is 17.1 Å². The van der Waals surface area contributed by atoms with Gasteiger partial charge in [0.25, 0.3) is 0 Å². The zero-order valence-electron chi connectivity index (χ0n) is 8.96. The standard InChI is InChI=1S/C12H14ClNO/c1-9-8-10-4-3-5-11(13)12(10)14(9)6-7-15-2/h3-5,8H,6-7H2,1-2H3. The normalized spacial score (nSPS) is 11.1. The van der Waals surface area contributed by atoms with Crippen molar-refractivity contribution in [2.75, 3.05) is 13.7 Å². The van der Waals surface area contributed by atoms with Crippen molar-refractivity contribution in [1.29, 1.82) is 0 Å². The van der Waals surface area contributed by atoms with Crippen LogP contribution in [-0.2, 0) is 11.3 Å². The van der Waals surface area contributed by atoms with Crippen LogP contribution in [0.2, 0.25) is 5.02 Å². The van der Waals surface area contributed by atoms with E-state index in [0.717, 1.165) is 17.1 Å². The molecule has 0 atom stereocenters. The number of methoxy groups -OCH3 is 1. The van der Waals surface area contributed by atoms with Crippen LogP contribution in [0.3, 0.4) is 0 Å². The van der Waals surface area contributed by atoms with Crippen LogP contribution in [0, 0.1) is 6.92 Å². The van der Waals surface area contributed by atoms with Gasteiger partial charge >= 0.3 is 0 Å². The molecule has 0 aliphatic heterocycles. The largest absolute Gasteiger partial charge is 0.383 e. The first-order valence-corrected chi connectivity index (χ1v) is 5.35. The third-order valence-electron chi connectivity index (χ3n) is 2.60. The Morgan fingerprint density at radius 1 is 1.40 bits per heavy atom. The van der Waals surface area contributed by atoms with Crippen molar-refractivity contribution < 1.29 is 4.74 Å². The number of aryl methyl sites for hydroxylation is 1. The highest BCUT2D eigenvalue weighted by Crippen LogP contribution is 2.26. The minimum atomic E-state index is 0.704. The number of aromatic nitrogens is 1. The lowest BCUT2D eigenvalue weighted by Gasteiger charge is -2.08. The SMILES string of the molecule is COCCn1c(C)cc2cccc(Cl)c21. The fourth-order valence-corrected chi connectivity index (χ4v) is 2.17. The molecule has 0 N–H and O–H groups in total. The summed E-state index contributed by atoms with van der Waals surface area (Å²) in [5.74, 6) is 0. The average Bonchev–Trinajstić information content (AvgIpc) is 2.53. The summed E-state index contributed by atoms with van der Waals surface area (Å²) in [6.45, 7) is 3.64.